The molecule has 0 unspecified atom stereocenters. The average Bonchev–Trinajstić information content (AvgIpc) is 2.67. The molecular formula is C21H22ClN3O3. The van der Waals surface area contributed by atoms with E-state index in [2.05, 4.69) is 9.97 Å². The summed E-state index contributed by atoms with van der Waals surface area (Å²) in [6, 6.07) is 12.6. The van der Waals surface area contributed by atoms with Crippen molar-refractivity contribution in [2.75, 3.05) is 13.7 Å². The number of aryl methyl sites for hydroxylation is 1. The number of aromatic amines is 1. The summed E-state index contributed by atoms with van der Waals surface area (Å²) in [7, 11) is 1.70. The zero-order valence-electron chi connectivity index (χ0n) is 15.9. The zero-order chi connectivity index (χ0) is 20.1. The van der Waals surface area contributed by atoms with Crippen LogP contribution in [0.15, 0.2) is 47.3 Å². The number of nitrogens with one attached hydrogen (secondary N) is 1. The minimum absolute atomic E-state index is 0.0355. The molecule has 0 bridgehead atoms. The number of nitrogens with zero attached hydrogens (tertiary/aromatic N) is 2. The first-order chi connectivity index (χ1) is 13.4. The number of fused-ring (bicyclic) bond motifs is 1. The first kappa shape index (κ1) is 19.9. The van der Waals surface area contributed by atoms with Crippen LogP contribution >= 0.6 is 11.6 Å². The molecule has 1 N–H and O–H groups in total. The van der Waals surface area contributed by atoms with Crippen molar-refractivity contribution in [3.8, 4) is 5.75 Å². The van der Waals surface area contributed by atoms with Crippen molar-refractivity contribution < 1.29 is 9.53 Å². The largest absolute Gasteiger partial charge is 0.494 e. The van der Waals surface area contributed by atoms with E-state index in [-0.39, 0.29) is 18.0 Å². The van der Waals surface area contributed by atoms with Crippen molar-refractivity contribution in [3.05, 3.63) is 69.2 Å². The van der Waals surface area contributed by atoms with Gasteiger partial charge < -0.3 is 14.6 Å². The molecule has 0 aliphatic rings. The molecule has 0 radical (unpaired) electrons. The highest BCUT2D eigenvalue weighted by Crippen LogP contribution is 2.21. The van der Waals surface area contributed by atoms with Gasteiger partial charge in [-0.2, -0.15) is 0 Å². The number of H-pyrrole nitrogens is 1. The maximum absolute atomic E-state index is 12.3. The number of ether oxygens (including phenoxy) is 1. The summed E-state index contributed by atoms with van der Waals surface area (Å²) in [4.78, 5) is 33.2. The van der Waals surface area contributed by atoms with E-state index >= 15 is 0 Å². The van der Waals surface area contributed by atoms with Crippen molar-refractivity contribution in [2.45, 2.75) is 26.3 Å². The fourth-order valence-electron chi connectivity index (χ4n) is 2.83. The molecule has 0 aliphatic carbocycles. The number of halogens is 1. The van der Waals surface area contributed by atoms with E-state index in [1.165, 1.54) is 0 Å². The van der Waals surface area contributed by atoms with Gasteiger partial charge in [0.15, 0.2) is 0 Å². The highest BCUT2D eigenvalue weighted by Gasteiger charge is 2.12. The molecule has 0 atom stereocenters. The van der Waals surface area contributed by atoms with Crippen LogP contribution < -0.4 is 10.3 Å². The molecule has 3 aromatic rings. The number of hydrogen-bond donors (Lipinski definition) is 1. The third kappa shape index (κ3) is 4.89. The van der Waals surface area contributed by atoms with Gasteiger partial charge >= 0.3 is 0 Å². The average molecular weight is 400 g/mol. The SMILES string of the molecule is Cc1cc(OCCCC(=O)N(C)Cc2nc3ccccc3c(=O)[nH]2)ccc1Cl. The first-order valence-electron chi connectivity index (χ1n) is 9.05. The molecule has 1 heterocycles. The van der Waals surface area contributed by atoms with Crippen LogP contribution in [0.25, 0.3) is 10.9 Å². The molecule has 146 valence electrons. The highest BCUT2D eigenvalue weighted by molar-refractivity contribution is 6.31. The van der Waals surface area contributed by atoms with Gasteiger partial charge in [-0.15, -0.1) is 0 Å². The number of carbonyl (C=O) groups excluding carboxylic acids is 1. The number of para-hydroxylation sites is 1. The summed E-state index contributed by atoms with van der Waals surface area (Å²) in [6.45, 7) is 2.60. The number of benzene rings is 2. The molecular weight excluding hydrogens is 378 g/mol. The lowest BCUT2D eigenvalue weighted by Gasteiger charge is -2.17. The Bertz CT molecular complexity index is 1050. The van der Waals surface area contributed by atoms with Crippen molar-refractivity contribution in [2.24, 2.45) is 0 Å². The molecule has 7 heteroatoms. The molecule has 3 rings (SSSR count). The van der Waals surface area contributed by atoms with Crippen LogP contribution in [0.1, 0.15) is 24.2 Å². The summed E-state index contributed by atoms with van der Waals surface area (Å²) in [5.74, 6) is 1.17. The molecule has 0 spiro atoms. The van der Waals surface area contributed by atoms with Gasteiger partial charge in [-0.3, -0.25) is 9.59 Å². The molecule has 1 amide bonds. The molecule has 28 heavy (non-hydrogen) atoms. The number of aromatic nitrogens is 2. The fraction of sp³-hybridized carbons (Fsp3) is 0.286. The lowest BCUT2D eigenvalue weighted by molar-refractivity contribution is -0.130. The molecule has 0 saturated carbocycles. The topological polar surface area (TPSA) is 75.3 Å². The van der Waals surface area contributed by atoms with Gasteiger partial charge in [0.25, 0.3) is 5.56 Å². The summed E-state index contributed by atoms with van der Waals surface area (Å²) >= 11 is 5.99. The van der Waals surface area contributed by atoms with Crippen LogP contribution in [0.2, 0.25) is 5.02 Å². The van der Waals surface area contributed by atoms with E-state index in [0.717, 1.165) is 11.3 Å². The van der Waals surface area contributed by atoms with E-state index in [1.807, 2.05) is 25.1 Å². The summed E-state index contributed by atoms with van der Waals surface area (Å²) < 4.78 is 5.66. The van der Waals surface area contributed by atoms with E-state index in [9.17, 15) is 9.59 Å². The van der Waals surface area contributed by atoms with Crippen LogP contribution in [0, 0.1) is 6.92 Å². The predicted molar refractivity (Wildman–Crippen MR) is 110 cm³/mol. The lowest BCUT2D eigenvalue weighted by atomic mass is 10.2. The van der Waals surface area contributed by atoms with Gasteiger partial charge in [0.05, 0.1) is 24.1 Å². The molecule has 0 saturated heterocycles. The number of hydrogen-bond acceptors (Lipinski definition) is 4. The molecule has 6 nitrogen and oxygen atoms in total. The van der Waals surface area contributed by atoms with Crippen molar-refractivity contribution >= 4 is 28.4 Å². The van der Waals surface area contributed by atoms with E-state index < -0.39 is 0 Å². The van der Waals surface area contributed by atoms with Gasteiger partial charge in [-0.25, -0.2) is 4.98 Å². The Hall–Kier alpha value is -2.86. The van der Waals surface area contributed by atoms with Gasteiger partial charge in [0.1, 0.15) is 11.6 Å². The Morgan fingerprint density at radius 1 is 1.25 bits per heavy atom. The second-order valence-electron chi connectivity index (χ2n) is 6.64. The molecule has 0 fully saturated rings. The van der Waals surface area contributed by atoms with Crippen LogP contribution in [0.4, 0.5) is 0 Å². The Morgan fingerprint density at radius 3 is 2.82 bits per heavy atom. The van der Waals surface area contributed by atoms with Gasteiger partial charge in [-0.1, -0.05) is 23.7 Å². The van der Waals surface area contributed by atoms with Crippen LogP contribution in [0.3, 0.4) is 0 Å². The third-order valence-electron chi connectivity index (χ3n) is 4.41. The third-order valence-corrected chi connectivity index (χ3v) is 4.83. The number of carbonyl (C=O) groups is 1. The van der Waals surface area contributed by atoms with E-state index in [0.29, 0.717) is 41.2 Å². The second-order valence-corrected chi connectivity index (χ2v) is 7.05. The Balaban J connectivity index is 1.50. The minimum atomic E-state index is -0.201. The normalized spacial score (nSPS) is 10.8. The molecule has 0 aliphatic heterocycles. The van der Waals surface area contributed by atoms with Crippen molar-refractivity contribution in [1.29, 1.82) is 0 Å². The Labute approximate surface area is 168 Å². The zero-order valence-corrected chi connectivity index (χ0v) is 16.6. The summed E-state index contributed by atoms with van der Waals surface area (Å²) in [5.41, 5.74) is 1.37. The highest BCUT2D eigenvalue weighted by atomic mass is 35.5. The molecule has 1 aromatic heterocycles. The first-order valence-corrected chi connectivity index (χ1v) is 9.42. The standard InChI is InChI=1S/C21H22ClN3O3/c1-14-12-15(9-10-17(14)22)28-11-5-8-20(26)25(2)13-19-23-18-7-4-3-6-16(18)21(27)24-19/h3-4,6-7,9-10,12H,5,8,11,13H2,1-2H3,(H,23,24,27). The van der Waals surface area contributed by atoms with Crippen LogP contribution in [0.5, 0.6) is 5.75 Å². The Morgan fingerprint density at radius 2 is 2.04 bits per heavy atom. The Kier molecular flexibility index (Phi) is 6.31. The molecule has 2 aromatic carbocycles. The van der Waals surface area contributed by atoms with Gasteiger partial charge in [-0.05, 0) is 49.2 Å². The van der Waals surface area contributed by atoms with Crippen LogP contribution in [-0.4, -0.2) is 34.4 Å². The van der Waals surface area contributed by atoms with Crippen molar-refractivity contribution in [1.82, 2.24) is 14.9 Å². The summed E-state index contributed by atoms with van der Waals surface area (Å²) in [5, 5.41) is 1.24. The summed E-state index contributed by atoms with van der Waals surface area (Å²) in [6.07, 6.45) is 0.938. The van der Waals surface area contributed by atoms with E-state index in [1.54, 1.807) is 36.2 Å². The van der Waals surface area contributed by atoms with E-state index in [4.69, 9.17) is 16.3 Å². The predicted octanol–water partition coefficient (Wildman–Crippen LogP) is 3.70. The quantitative estimate of drug-likeness (QED) is 0.614. The van der Waals surface area contributed by atoms with Gasteiger partial charge in [0.2, 0.25) is 5.91 Å². The van der Waals surface area contributed by atoms with Crippen LogP contribution in [-0.2, 0) is 11.3 Å². The maximum atomic E-state index is 12.3. The second kappa shape index (κ2) is 8.89. The fourth-order valence-corrected chi connectivity index (χ4v) is 2.95. The maximum Gasteiger partial charge on any atom is 0.258 e. The monoisotopic (exact) mass is 399 g/mol. The number of amides is 1. The lowest BCUT2D eigenvalue weighted by Crippen LogP contribution is -2.28. The smallest absolute Gasteiger partial charge is 0.258 e. The minimum Gasteiger partial charge on any atom is -0.494 e. The van der Waals surface area contributed by atoms with Gasteiger partial charge in [0, 0.05) is 18.5 Å². The number of rotatable bonds is 7. The van der Waals surface area contributed by atoms with Crippen molar-refractivity contribution in [3.63, 3.8) is 0 Å².